The van der Waals surface area contributed by atoms with Crippen molar-refractivity contribution in [3.63, 3.8) is 0 Å². The predicted octanol–water partition coefficient (Wildman–Crippen LogP) is 2.86. The zero-order valence-electron chi connectivity index (χ0n) is 15.8. The number of benzene rings is 2. The predicted molar refractivity (Wildman–Crippen MR) is 111 cm³/mol. The molecule has 0 radical (unpaired) electrons. The van der Waals surface area contributed by atoms with Gasteiger partial charge in [0.1, 0.15) is 17.5 Å². The minimum atomic E-state index is -0.331. The van der Waals surface area contributed by atoms with E-state index >= 15 is 0 Å². The number of carbonyl (C=O) groups excluding carboxylic acids is 1. The number of nitrogens with zero attached hydrogens (tertiary/aromatic N) is 4. The van der Waals surface area contributed by atoms with Crippen LogP contribution < -0.4 is 10.9 Å². The number of aromatic nitrogens is 4. The van der Waals surface area contributed by atoms with Crippen molar-refractivity contribution in [3.8, 4) is 0 Å². The third-order valence-corrected chi connectivity index (χ3v) is 4.95. The van der Waals surface area contributed by atoms with E-state index in [1.54, 1.807) is 41.1 Å². The van der Waals surface area contributed by atoms with Crippen LogP contribution in [0, 0.1) is 5.82 Å². The first-order chi connectivity index (χ1) is 14.5. The van der Waals surface area contributed by atoms with Crippen molar-refractivity contribution < 1.29 is 9.18 Å². The average molecular weight is 426 g/mol. The third-order valence-electron chi connectivity index (χ3n) is 4.62. The van der Waals surface area contributed by atoms with E-state index in [9.17, 15) is 14.0 Å². The fraction of sp³-hybridized carbons (Fsp3) is 0.143. The molecule has 2 aromatic heterocycles. The van der Waals surface area contributed by atoms with Gasteiger partial charge in [0.15, 0.2) is 5.65 Å². The van der Waals surface area contributed by atoms with Crippen LogP contribution in [0.15, 0.2) is 65.8 Å². The summed E-state index contributed by atoms with van der Waals surface area (Å²) in [6.07, 6.45) is 2.90. The Kier molecular flexibility index (Phi) is 5.58. The van der Waals surface area contributed by atoms with Crippen LogP contribution in [-0.2, 0) is 13.1 Å². The van der Waals surface area contributed by atoms with Crippen molar-refractivity contribution in [2.75, 3.05) is 6.54 Å². The molecule has 0 saturated heterocycles. The first-order valence-corrected chi connectivity index (χ1v) is 9.59. The molecule has 9 heteroatoms. The van der Waals surface area contributed by atoms with Gasteiger partial charge in [-0.15, -0.1) is 0 Å². The maximum Gasteiger partial charge on any atom is 0.264 e. The second kappa shape index (κ2) is 8.46. The number of rotatable bonds is 6. The van der Waals surface area contributed by atoms with E-state index in [0.29, 0.717) is 34.7 Å². The molecule has 0 bridgehead atoms. The topological polar surface area (TPSA) is 81.8 Å². The lowest BCUT2D eigenvalue weighted by atomic mass is 10.2. The monoisotopic (exact) mass is 425 g/mol. The van der Waals surface area contributed by atoms with Crippen molar-refractivity contribution in [1.29, 1.82) is 0 Å². The normalized spacial score (nSPS) is 11.0. The minimum absolute atomic E-state index is 0.240. The van der Waals surface area contributed by atoms with Gasteiger partial charge in [-0.05, 0) is 29.8 Å². The van der Waals surface area contributed by atoms with E-state index in [-0.39, 0.29) is 23.8 Å². The van der Waals surface area contributed by atoms with E-state index in [1.165, 1.54) is 29.2 Å². The first-order valence-electron chi connectivity index (χ1n) is 9.21. The summed E-state index contributed by atoms with van der Waals surface area (Å²) in [5.74, 6) is -0.616. The molecule has 0 fully saturated rings. The smallest absolute Gasteiger partial charge is 0.264 e. The Morgan fingerprint density at radius 3 is 2.67 bits per heavy atom. The molecule has 2 aromatic carbocycles. The summed E-state index contributed by atoms with van der Waals surface area (Å²) in [5, 5.41) is 7.75. The van der Waals surface area contributed by atoms with Crippen molar-refractivity contribution in [2.24, 2.45) is 0 Å². The van der Waals surface area contributed by atoms with Gasteiger partial charge in [-0.2, -0.15) is 5.10 Å². The Labute approximate surface area is 175 Å². The van der Waals surface area contributed by atoms with Crippen molar-refractivity contribution in [2.45, 2.75) is 13.1 Å². The first kappa shape index (κ1) is 19.8. The van der Waals surface area contributed by atoms with Crippen LogP contribution >= 0.6 is 11.6 Å². The fourth-order valence-electron chi connectivity index (χ4n) is 3.08. The van der Waals surface area contributed by atoms with Crippen LogP contribution in [0.3, 0.4) is 0 Å². The highest BCUT2D eigenvalue weighted by Gasteiger charge is 2.12. The summed E-state index contributed by atoms with van der Waals surface area (Å²) >= 11 is 6.03. The van der Waals surface area contributed by atoms with Crippen LogP contribution in [0.25, 0.3) is 11.0 Å². The van der Waals surface area contributed by atoms with Gasteiger partial charge < -0.3 is 5.32 Å². The van der Waals surface area contributed by atoms with Crippen LogP contribution in [0.1, 0.15) is 15.9 Å². The summed E-state index contributed by atoms with van der Waals surface area (Å²) in [7, 11) is 0. The zero-order chi connectivity index (χ0) is 21.1. The number of hydrogen-bond acceptors (Lipinski definition) is 4. The summed E-state index contributed by atoms with van der Waals surface area (Å²) in [6, 6.07) is 12.7. The molecular weight excluding hydrogens is 409 g/mol. The van der Waals surface area contributed by atoms with Crippen LogP contribution in [0.4, 0.5) is 4.39 Å². The molecule has 0 atom stereocenters. The van der Waals surface area contributed by atoms with E-state index in [4.69, 9.17) is 11.6 Å². The zero-order valence-corrected chi connectivity index (χ0v) is 16.5. The van der Waals surface area contributed by atoms with E-state index in [0.717, 1.165) is 5.56 Å². The Morgan fingerprint density at radius 1 is 1.13 bits per heavy atom. The van der Waals surface area contributed by atoms with Crippen molar-refractivity contribution in [1.82, 2.24) is 24.6 Å². The summed E-state index contributed by atoms with van der Waals surface area (Å²) in [6.45, 7) is 0.913. The Hall–Kier alpha value is -3.52. The molecule has 0 spiro atoms. The largest absolute Gasteiger partial charge is 0.350 e. The summed E-state index contributed by atoms with van der Waals surface area (Å²) in [4.78, 5) is 29.3. The molecule has 1 amide bonds. The highest BCUT2D eigenvalue weighted by molar-refractivity contribution is 6.33. The van der Waals surface area contributed by atoms with Gasteiger partial charge in [0.05, 0.1) is 29.9 Å². The molecule has 0 unspecified atom stereocenters. The maximum absolute atomic E-state index is 13.1. The van der Waals surface area contributed by atoms with Crippen LogP contribution in [-0.4, -0.2) is 31.8 Å². The molecule has 4 aromatic rings. The van der Waals surface area contributed by atoms with Gasteiger partial charge in [0.2, 0.25) is 0 Å². The minimum Gasteiger partial charge on any atom is -0.350 e. The lowest BCUT2D eigenvalue weighted by Gasteiger charge is -2.08. The quantitative estimate of drug-likeness (QED) is 0.515. The standard InChI is InChI=1S/C21H17ClFN5O2/c22-18-4-2-1-3-16(18)20(29)24-9-10-28-19-17(11-26-28)21(30)27(13-25-19)12-14-5-7-15(23)8-6-14/h1-8,11,13H,9-10,12H2,(H,24,29). The van der Waals surface area contributed by atoms with Gasteiger partial charge in [-0.1, -0.05) is 35.9 Å². The molecule has 4 rings (SSSR count). The van der Waals surface area contributed by atoms with E-state index < -0.39 is 0 Å². The number of fused-ring (bicyclic) bond motifs is 1. The second-order valence-corrected chi connectivity index (χ2v) is 7.05. The van der Waals surface area contributed by atoms with Gasteiger partial charge in [-0.25, -0.2) is 14.1 Å². The number of amides is 1. The Balaban J connectivity index is 1.46. The van der Waals surface area contributed by atoms with Crippen molar-refractivity contribution in [3.05, 3.63) is 93.4 Å². The maximum atomic E-state index is 13.1. The molecular formula is C21H17ClFN5O2. The number of nitrogens with one attached hydrogen (secondary N) is 1. The van der Waals surface area contributed by atoms with Crippen LogP contribution in [0.5, 0.6) is 0 Å². The molecule has 2 heterocycles. The molecule has 0 aliphatic heterocycles. The summed E-state index contributed by atoms with van der Waals surface area (Å²) < 4.78 is 16.1. The summed E-state index contributed by atoms with van der Waals surface area (Å²) in [5.41, 5.74) is 1.37. The molecule has 152 valence electrons. The fourth-order valence-corrected chi connectivity index (χ4v) is 3.30. The van der Waals surface area contributed by atoms with Gasteiger partial charge in [0.25, 0.3) is 11.5 Å². The molecule has 0 aliphatic carbocycles. The molecule has 1 N–H and O–H groups in total. The Morgan fingerprint density at radius 2 is 1.90 bits per heavy atom. The number of halogens is 2. The van der Waals surface area contributed by atoms with Gasteiger partial charge in [0, 0.05) is 6.54 Å². The molecule has 30 heavy (non-hydrogen) atoms. The highest BCUT2D eigenvalue weighted by atomic mass is 35.5. The van der Waals surface area contributed by atoms with Crippen LogP contribution in [0.2, 0.25) is 5.02 Å². The van der Waals surface area contributed by atoms with E-state index in [1.807, 2.05) is 0 Å². The highest BCUT2D eigenvalue weighted by Crippen LogP contribution is 2.14. The molecule has 0 aliphatic rings. The lowest BCUT2D eigenvalue weighted by Crippen LogP contribution is -2.28. The average Bonchev–Trinajstić information content (AvgIpc) is 3.15. The molecule has 0 saturated carbocycles. The number of carbonyl (C=O) groups is 1. The third kappa shape index (κ3) is 4.08. The van der Waals surface area contributed by atoms with Gasteiger partial charge in [-0.3, -0.25) is 14.2 Å². The van der Waals surface area contributed by atoms with Gasteiger partial charge >= 0.3 is 0 Å². The SMILES string of the molecule is O=C(NCCn1ncc2c(=O)n(Cc3ccc(F)cc3)cnc21)c1ccccc1Cl. The second-order valence-electron chi connectivity index (χ2n) is 6.64. The van der Waals surface area contributed by atoms with E-state index in [2.05, 4.69) is 15.4 Å². The Bertz CT molecular complexity index is 1270. The van der Waals surface area contributed by atoms with Crippen molar-refractivity contribution >= 4 is 28.5 Å². The molecule has 7 nitrogen and oxygen atoms in total. The lowest BCUT2D eigenvalue weighted by molar-refractivity contribution is 0.0952. The number of hydrogen-bond donors (Lipinski definition) is 1.